The molecule has 3 nitrogen and oxygen atoms in total. The third kappa shape index (κ3) is 2.84. The van der Waals surface area contributed by atoms with Crippen LogP contribution in [0.2, 0.25) is 39.3 Å². The van der Waals surface area contributed by atoms with Gasteiger partial charge in [0, 0.05) is 12.2 Å². The van der Waals surface area contributed by atoms with Gasteiger partial charge in [0.1, 0.15) is 0 Å². The quantitative estimate of drug-likeness (QED) is 0.744. The highest BCUT2D eigenvalue weighted by molar-refractivity contribution is 6.82. The van der Waals surface area contributed by atoms with Crippen molar-refractivity contribution in [1.29, 1.82) is 0 Å². The van der Waals surface area contributed by atoms with E-state index >= 15 is 0 Å². The van der Waals surface area contributed by atoms with Crippen molar-refractivity contribution in [3.63, 3.8) is 0 Å². The van der Waals surface area contributed by atoms with Gasteiger partial charge in [-0.25, -0.2) is 4.79 Å². The minimum absolute atomic E-state index is 0.174. The van der Waals surface area contributed by atoms with Crippen molar-refractivity contribution in [2.45, 2.75) is 51.4 Å². The number of urea groups is 1. The Morgan fingerprint density at radius 2 is 1.73 bits per heavy atom. The fourth-order valence-electron chi connectivity index (χ4n) is 2.26. The second-order valence-corrected chi connectivity index (χ2v) is 16.7. The SMILES string of the molecule is C[Si](C)(C)C1CCNC(=O)N1[Si](C)(C)C. The third-order valence-corrected chi connectivity index (χ3v) is 7.71. The molecule has 1 rings (SSSR count). The van der Waals surface area contributed by atoms with Gasteiger partial charge in [-0.05, 0) is 6.42 Å². The summed E-state index contributed by atoms with van der Waals surface area (Å²) in [4.78, 5) is 12.0. The minimum Gasteiger partial charge on any atom is -0.352 e. The van der Waals surface area contributed by atoms with E-state index in [9.17, 15) is 4.79 Å². The molecule has 1 heterocycles. The zero-order valence-corrected chi connectivity index (χ0v) is 12.8. The molecule has 0 aromatic heterocycles. The van der Waals surface area contributed by atoms with Crippen molar-refractivity contribution in [3.05, 3.63) is 0 Å². The predicted octanol–water partition coefficient (Wildman–Crippen LogP) is 2.48. The van der Waals surface area contributed by atoms with Crippen molar-refractivity contribution < 1.29 is 4.79 Å². The third-order valence-electron chi connectivity index (χ3n) is 2.95. The Morgan fingerprint density at radius 1 is 1.20 bits per heavy atom. The smallest absolute Gasteiger partial charge is 0.309 e. The second-order valence-electron chi connectivity index (χ2n) is 6.44. The van der Waals surface area contributed by atoms with Gasteiger partial charge in [-0.15, -0.1) is 0 Å². The van der Waals surface area contributed by atoms with Gasteiger partial charge in [0.2, 0.25) is 0 Å². The molecular weight excluding hydrogens is 220 g/mol. The first kappa shape index (κ1) is 12.8. The lowest BCUT2D eigenvalue weighted by molar-refractivity contribution is 0.206. The molecule has 0 radical (unpaired) electrons. The predicted molar refractivity (Wildman–Crippen MR) is 70.3 cm³/mol. The van der Waals surface area contributed by atoms with Crippen LogP contribution in [0.1, 0.15) is 6.42 Å². The van der Waals surface area contributed by atoms with Crippen molar-refractivity contribution in [2.75, 3.05) is 6.54 Å². The minimum atomic E-state index is -1.54. The molecule has 2 amide bonds. The van der Waals surface area contributed by atoms with Crippen LogP contribution in [0.3, 0.4) is 0 Å². The molecule has 0 spiro atoms. The molecule has 1 aliphatic rings. The summed E-state index contributed by atoms with van der Waals surface area (Å²) < 4.78 is 2.20. The van der Waals surface area contributed by atoms with E-state index in [1.165, 1.54) is 0 Å². The van der Waals surface area contributed by atoms with Crippen molar-refractivity contribution in [3.8, 4) is 0 Å². The summed E-state index contributed by atoms with van der Waals surface area (Å²) in [7, 11) is -2.81. The standard InChI is InChI=1S/C10H24N2OSi2/c1-14(2,3)9-7-8-11-10(13)12(9)15(4,5)6/h9H,7-8H2,1-6H3,(H,11,13). The number of carbonyl (C=O) groups is 1. The van der Waals surface area contributed by atoms with Gasteiger partial charge in [0.25, 0.3) is 0 Å². The highest BCUT2D eigenvalue weighted by atomic mass is 28.3. The first-order valence-electron chi connectivity index (χ1n) is 5.71. The van der Waals surface area contributed by atoms with Gasteiger partial charge in [0.15, 0.2) is 8.24 Å². The normalized spacial score (nSPS) is 24.0. The fraction of sp³-hybridized carbons (Fsp3) is 0.900. The average molecular weight is 244 g/mol. The average Bonchev–Trinajstić information content (AvgIpc) is 1.99. The molecule has 0 aromatic rings. The van der Waals surface area contributed by atoms with Crippen LogP contribution in [0, 0.1) is 0 Å². The molecular formula is C10H24N2OSi2. The number of hydrogen-bond acceptors (Lipinski definition) is 1. The Kier molecular flexibility index (Phi) is 3.35. The summed E-state index contributed by atoms with van der Waals surface area (Å²) in [5.41, 5.74) is 0.526. The summed E-state index contributed by atoms with van der Waals surface area (Å²) in [6.45, 7) is 14.7. The molecule has 1 atom stereocenters. The summed E-state index contributed by atoms with van der Waals surface area (Å²) in [6.07, 6.45) is 1.13. The summed E-state index contributed by atoms with van der Waals surface area (Å²) in [5.74, 6) is 0. The number of nitrogens with zero attached hydrogens (tertiary/aromatic N) is 1. The molecule has 0 aliphatic carbocycles. The lowest BCUT2D eigenvalue weighted by atomic mass is 10.4. The summed E-state index contributed by atoms with van der Waals surface area (Å²) in [6, 6.07) is 0.174. The molecule has 0 saturated carbocycles. The Balaban J connectivity index is 2.98. The van der Waals surface area contributed by atoms with Crippen LogP contribution in [0.15, 0.2) is 0 Å². The van der Waals surface area contributed by atoms with Gasteiger partial charge in [-0.3, -0.25) is 0 Å². The van der Waals surface area contributed by atoms with Crippen molar-refractivity contribution >= 4 is 22.3 Å². The van der Waals surface area contributed by atoms with E-state index in [0.717, 1.165) is 13.0 Å². The van der Waals surface area contributed by atoms with Crippen LogP contribution in [0.4, 0.5) is 4.79 Å². The first-order chi connectivity index (χ1) is 6.64. The van der Waals surface area contributed by atoms with Crippen LogP contribution in [0.25, 0.3) is 0 Å². The summed E-state index contributed by atoms with van der Waals surface area (Å²) >= 11 is 0. The zero-order valence-electron chi connectivity index (χ0n) is 10.8. The van der Waals surface area contributed by atoms with E-state index in [-0.39, 0.29) is 6.03 Å². The molecule has 1 saturated heterocycles. The topological polar surface area (TPSA) is 32.3 Å². The maximum absolute atomic E-state index is 12.0. The Morgan fingerprint density at radius 3 is 2.07 bits per heavy atom. The Labute approximate surface area is 95.3 Å². The van der Waals surface area contributed by atoms with E-state index in [4.69, 9.17) is 0 Å². The van der Waals surface area contributed by atoms with Gasteiger partial charge in [-0.2, -0.15) is 0 Å². The molecule has 15 heavy (non-hydrogen) atoms. The molecule has 1 unspecified atom stereocenters. The van der Waals surface area contributed by atoms with E-state index in [1.54, 1.807) is 0 Å². The van der Waals surface area contributed by atoms with Crippen LogP contribution in [-0.2, 0) is 0 Å². The largest absolute Gasteiger partial charge is 0.352 e. The van der Waals surface area contributed by atoms with Crippen LogP contribution < -0.4 is 5.32 Å². The molecule has 88 valence electrons. The summed E-state index contributed by atoms with van der Waals surface area (Å²) in [5, 5.41) is 2.98. The van der Waals surface area contributed by atoms with Crippen LogP contribution >= 0.6 is 0 Å². The molecule has 1 N–H and O–H groups in total. The number of rotatable bonds is 2. The molecule has 1 fully saturated rings. The van der Waals surface area contributed by atoms with E-state index in [0.29, 0.717) is 5.67 Å². The van der Waals surface area contributed by atoms with E-state index in [2.05, 4.69) is 49.2 Å². The van der Waals surface area contributed by atoms with Gasteiger partial charge in [0.05, 0.1) is 8.07 Å². The molecule has 1 aliphatic heterocycles. The molecule has 0 bridgehead atoms. The lowest BCUT2D eigenvalue weighted by Crippen LogP contribution is -2.68. The van der Waals surface area contributed by atoms with E-state index < -0.39 is 16.3 Å². The monoisotopic (exact) mass is 244 g/mol. The highest BCUT2D eigenvalue weighted by Gasteiger charge is 2.42. The number of carbonyl (C=O) groups excluding carboxylic acids is 1. The van der Waals surface area contributed by atoms with Crippen molar-refractivity contribution in [2.24, 2.45) is 0 Å². The van der Waals surface area contributed by atoms with Crippen molar-refractivity contribution in [1.82, 2.24) is 9.88 Å². The van der Waals surface area contributed by atoms with Gasteiger partial charge >= 0.3 is 6.03 Å². The highest BCUT2D eigenvalue weighted by Crippen LogP contribution is 2.26. The first-order valence-corrected chi connectivity index (χ1v) is 12.7. The lowest BCUT2D eigenvalue weighted by Gasteiger charge is -2.48. The maximum atomic E-state index is 12.0. The molecule has 0 aromatic carbocycles. The second kappa shape index (κ2) is 3.94. The van der Waals surface area contributed by atoms with E-state index in [1.807, 2.05) is 0 Å². The number of amides is 2. The molecule has 5 heteroatoms. The van der Waals surface area contributed by atoms with Crippen LogP contribution in [-0.4, -0.2) is 39.1 Å². The van der Waals surface area contributed by atoms with Gasteiger partial charge < -0.3 is 9.88 Å². The Hall–Kier alpha value is -0.296. The maximum Gasteiger partial charge on any atom is 0.309 e. The fourth-order valence-corrected chi connectivity index (χ4v) is 8.24. The zero-order chi connectivity index (χ0) is 11.9. The number of hydrogen-bond donors (Lipinski definition) is 1. The van der Waals surface area contributed by atoms with Gasteiger partial charge in [-0.1, -0.05) is 39.3 Å². The number of nitrogens with one attached hydrogen (secondary N) is 1. The van der Waals surface area contributed by atoms with Crippen LogP contribution in [0.5, 0.6) is 0 Å². The Bertz CT molecular complexity index is 255.